The molecule has 1 aliphatic heterocycles. The van der Waals surface area contributed by atoms with Gasteiger partial charge in [-0.15, -0.1) is 11.8 Å². The molecule has 0 amide bonds. The number of fused-ring (bicyclic) bond motifs is 1. The van der Waals surface area contributed by atoms with E-state index in [1.54, 1.807) is 0 Å². The van der Waals surface area contributed by atoms with E-state index in [4.69, 9.17) is 0 Å². The predicted octanol–water partition coefficient (Wildman–Crippen LogP) is 2.59. The Morgan fingerprint density at radius 1 is 1.45 bits per heavy atom. The molecule has 1 aromatic rings. The Morgan fingerprint density at radius 2 is 2.27 bits per heavy atom. The Kier molecular flexibility index (Phi) is 1.78. The summed E-state index contributed by atoms with van der Waals surface area (Å²) in [7, 11) is 0. The van der Waals surface area contributed by atoms with Crippen molar-refractivity contribution in [3.63, 3.8) is 0 Å². The molecule has 2 heteroatoms. The minimum absolute atomic E-state index is 0.606. The first-order chi connectivity index (χ1) is 5.36. The Labute approximate surface area is 71.2 Å². The van der Waals surface area contributed by atoms with Crippen LogP contribution < -0.4 is 5.32 Å². The molecule has 2 rings (SSSR count). The molecular weight excluding hydrogens is 154 g/mol. The molecule has 1 aliphatic rings. The van der Waals surface area contributed by atoms with Crippen molar-refractivity contribution in [3.8, 4) is 0 Å². The van der Waals surface area contributed by atoms with E-state index in [0.717, 1.165) is 0 Å². The molecule has 1 heterocycles. The lowest BCUT2D eigenvalue weighted by molar-refractivity contribution is 0.895. The summed E-state index contributed by atoms with van der Waals surface area (Å²) in [6.45, 7) is 2.21. The second-order valence-electron chi connectivity index (χ2n) is 2.85. The fourth-order valence-corrected chi connectivity index (χ4v) is 2.20. The van der Waals surface area contributed by atoms with Crippen molar-refractivity contribution in [1.29, 1.82) is 0 Å². The lowest BCUT2D eigenvalue weighted by atomic mass is 10.3. The molecular formula is C9H11NS. The van der Waals surface area contributed by atoms with Crippen LogP contribution in [0.3, 0.4) is 0 Å². The lowest BCUT2D eigenvalue weighted by Gasteiger charge is -2.22. The van der Waals surface area contributed by atoms with Gasteiger partial charge in [-0.1, -0.05) is 12.1 Å². The third-order valence-corrected chi connectivity index (χ3v) is 3.11. The van der Waals surface area contributed by atoms with E-state index in [9.17, 15) is 0 Å². The molecule has 1 aromatic carbocycles. The third-order valence-electron chi connectivity index (χ3n) is 1.78. The number of hydrogen-bond acceptors (Lipinski definition) is 2. The third kappa shape index (κ3) is 1.36. The Morgan fingerprint density at radius 3 is 3.18 bits per heavy atom. The second kappa shape index (κ2) is 2.78. The normalized spacial score (nSPS) is 22.1. The number of para-hydroxylation sites is 1. The smallest absolute Gasteiger partial charge is 0.0480 e. The van der Waals surface area contributed by atoms with Crippen molar-refractivity contribution in [2.45, 2.75) is 17.9 Å². The molecule has 1 nitrogen and oxygen atoms in total. The van der Waals surface area contributed by atoms with Crippen LogP contribution in [-0.2, 0) is 0 Å². The van der Waals surface area contributed by atoms with Gasteiger partial charge in [-0.05, 0) is 19.1 Å². The highest BCUT2D eigenvalue weighted by Gasteiger charge is 2.12. The van der Waals surface area contributed by atoms with Gasteiger partial charge < -0.3 is 5.32 Å². The summed E-state index contributed by atoms with van der Waals surface area (Å²) >= 11 is 1.93. The zero-order valence-corrected chi connectivity index (χ0v) is 7.32. The van der Waals surface area contributed by atoms with Gasteiger partial charge in [-0.2, -0.15) is 0 Å². The minimum Gasteiger partial charge on any atom is -0.381 e. The molecule has 0 saturated carbocycles. The average molecular weight is 165 g/mol. The van der Waals surface area contributed by atoms with E-state index >= 15 is 0 Å². The topological polar surface area (TPSA) is 12.0 Å². The van der Waals surface area contributed by atoms with Crippen LogP contribution in [0.4, 0.5) is 5.69 Å². The maximum absolute atomic E-state index is 3.44. The van der Waals surface area contributed by atoms with Gasteiger partial charge in [-0.3, -0.25) is 0 Å². The van der Waals surface area contributed by atoms with Crippen molar-refractivity contribution in [3.05, 3.63) is 24.3 Å². The van der Waals surface area contributed by atoms with Gasteiger partial charge in [0, 0.05) is 22.4 Å². The van der Waals surface area contributed by atoms with Gasteiger partial charge in [-0.25, -0.2) is 0 Å². The van der Waals surface area contributed by atoms with E-state index in [1.165, 1.54) is 16.3 Å². The fourth-order valence-electron chi connectivity index (χ4n) is 1.23. The quantitative estimate of drug-likeness (QED) is 0.634. The largest absolute Gasteiger partial charge is 0.381 e. The first-order valence-electron chi connectivity index (χ1n) is 3.84. The molecule has 0 radical (unpaired) electrons. The van der Waals surface area contributed by atoms with E-state index in [1.807, 2.05) is 11.8 Å². The monoisotopic (exact) mass is 165 g/mol. The van der Waals surface area contributed by atoms with Crippen LogP contribution in [-0.4, -0.2) is 11.8 Å². The Bertz CT molecular complexity index is 259. The van der Waals surface area contributed by atoms with Gasteiger partial charge in [0.25, 0.3) is 0 Å². The molecule has 1 unspecified atom stereocenters. The number of benzene rings is 1. The zero-order chi connectivity index (χ0) is 7.68. The van der Waals surface area contributed by atoms with E-state index < -0.39 is 0 Å². The van der Waals surface area contributed by atoms with Gasteiger partial charge in [0.2, 0.25) is 0 Å². The fraction of sp³-hybridized carbons (Fsp3) is 0.333. The molecule has 11 heavy (non-hydrogen) atoms. The molecule has 0 aromatic heterocycles. The van der Waals surface area contributed by atoms with Crippen LogP contribution in [0.5, 0.6) is 0 Å². The molecule has 0 spiro atoms. The summed E-state index contributed by atoms with van der Waals surface area (Å²) in [6, 6.07) is 9.07. The SMILES string of the molecule is CC1CSc2ccccc2N1. The summed E-state index contributed by atoms with van der Waals surface area (Å²) in [5.41, 5.74) is 1.29. The van der Waals surface area contributed by atoms with Gasteiger partial charge in [0.15, 0.2) is 0 Å². The molecule has 58 valence electrons. The average Bonchev–Trinajstić information content (AvgIpc) is 2.04. The summed E-state index contributed by atoms with van der Waals surface area (Å²) in [5.74, 6) is 1.18. The summed E-state index contributed by atoms with van der Waals surface area (Å²) in [4.78, 5) is 1.38. The van der Waals surface area contributed by atoms with Crippen molar-refractivity contribution >= 4 is 17.4 Å². The van der Waals surface area contributed by atoms with Crippen LogP contribution in [0.15, 0.2) is 29.2 Å². The van der Waals surface area contributed by atoms with Crippen LogP contribution in [0.1, 0.15) is 6.92 Å². The van der Waals surface area contributed by atoms with E-state index in [0.29, 0.717) is 6.04 Å². The van der Waals surface area contributed by atoms with Crippen LogP contribution in [0.2, 0.25) is 0 Å². The first kappa shape index (κ1) is 7.04. The molecule has 1 N–H and O–H groups in total. The zero-order valence-electron chi connectivity index (χ0n) is 6.50. The molecule has 0 fully saturated rings. The highest BCUT2D eigenvalue weighted by molar-refractivity contribution is 7.99. The number of rotatable bonds is 0. The standard InChI is InChI=1S/C9H11NS/c1-7-6-11-9-5-3-2-4-8(9)10-7/h2-5,7,10H,6H2,1H3. The minimum atomic E-state index is 0.606. The number of anilines is 1. The summed E-state index contributed by atoms with van der Waals surface area (Å²) in [5, 5.41) is 3.44. The predicted molar refractivity (Wildman–Crippen MR) is 50.3 cm³/mol. The summed E-state index contributed by atoms with van der Waals surface area (Å²) in [6.07, 6.45) is 0. The van der Waals surface area contributed by atoms with Gasteiger partial charge in [0.1, 0.15) is 0 Å². The van der Waals surface area contributed by atoms with E-state index in [2.05, 4.69) is 36.5 Å². The Hall–Kier alpha value is -0.630. The highest BCUT2D eigenvalue weighted by atomic mass is 32.2. The maximum Gasteiger partial charge on any atom is 0.0480 e. The van der Waals surface area contributed by atoms with Crippen molar-refractivity contribution in [2.75, 3.05) is 11.1 Å². The van der Waals surface area contributed by atoms with Crippen molar-refractivity contribution in [2.24, 2.45) is 0 Å². The van der Waals surface area contributed by atoms with Gasteiger partial charge >= 0.3 is 0 Å². The molecule has 1 atom stereocenters. The van der Waals surface area contributed by atoms with Crippen molar-refractivity contribution in [1.82, 2.24) is 0 Å². The maximum atomic E-state index is 3.44. The van der Waals surface area contributed by atoms with Crippen LogP contribution in [0, 0.1) is 0 Å². The number of hydrogen-bond donors (Lipinski definition) is 1. The molecule has 0 bridgehead atoms. The van der Waals surface area contributed by atoms with Crippen LogP contribution in [0.25, 0.3) is 0 Å². The number of nitrogens with one attached hydrogen (secondary N) is 1. The van der Waals surface area contributed by atoms with Crippen LogP contribution >= 0.6 is 11.8 Å². The van der Waals surface area contributed by atoms with E-state index in [-0.39, 0.29) is 0 Å². The van der Waals surface area contributed by atoms with Gasteiger partial charge in [0.05, 0.1) is 0 Å². The first-order valence-corrected chi connectivity index (χ1v) is 4.83. The second-order valence-corrected chi connectivity index (χ2v) is 3.91. The lowest BCUT2D eigenvalue weighted by Crippen LogP contribution is -2.21. The number of thioether (sulfide) groups is 1. The highest BCUT2D eigenvalue weighted by Crippen LogP contribution is 2.32. The molecule has 0 aliphatic carbocycles. The van der Waals surface area contributed by atoms with Crippen molar-refractivity contribution < 1.29 is 0 Å². The molecule has 0 saturated heterocycles. The summed E-state index contributed by atoms with van der Waals surface area (Å²) < 4.78 is 0. The Balaban J connectivity index is 2.34.